The zero-order valence-electron chi connectivity index (χ0n) is 6.06. The van der Waals surface area contributed by atoms with Crippen molar-refractivity contribution >= 4 is 70.7 Å². The fourth-order valence-corrected chi connectivity index (χ4v) is 1.28. The molecule has 8 heteroatoms. The van der Waals surface area contributed by atoms with E-state index in [1.165, 1.54) is 0 Å². The second kappa shape index (κ2) is 6.00. The van der Waals surface area contributed by atoms with Gasteiger partial charge in [0.1, 0.15) is 11.5 Å². The Morgan fingerprint density at radius 2 is 1.25 bits per heavy atom. The molecule has 0 bridgehead atoms. The Bertz CT molecular complexity index is 245. The van der Waals surface area contributed by atoms with Crippen molar-refractivity contribution in [3.63, 3.8) is 0 Å². The quantitative estimate of drug-likeness (QED) is 0.591. The van der Waals surface area contributed by atoms with Crippen LogP contribution in [0.25, 0.3) is 0 Å². The Morgan fingerprint density at radius 1 is 1.00 bits per heavy atom. The van der Waals surface area contributed by atoms with Crippen LogP contribution in [0.5, 0.6) is 0 Å². The van der Waals surface area contributed by atoms with Gasteiger partial charge in [0, 0.05) is 0 Å². The van der Waals surface area contributed by atoms with E-state index in [1.807, 2.05) is 0 Å². The van der Waals surface area contributed by atoms with Crippen molar-refractivity contribution in [1.82, 2.24) is 0 Å². The molecule has 0 aliphatic rings. The monoisotopic (exact) mass is 320 g/mol. The number of carboxylic acids is 2. The topological polar surface area (TPSA) is 109 Å². The van der Waals surface area contributed by atoms with Crippen LogP contribution in [0.2, 0.25) is 0 Å². The SMILES string of the molecule is O=C(O)CS(=O)(=O)CC(=O)O.[Ba+2]. The molecule has 64 valence electrons. The Balaban J connectivity index is 0. The molecule has 0 atom stereocenters. The Kier molecular flexibility index (Phi) is 7.48. The predicted molar refractivity (Wildman–Crippen MR) is 39.7 cm³/mol. The Morgan fingerprint density at radius 3 is 1.42 bits per heavy atom. The summed E-state index contributed by atoms with van der Waals surface area (Å²) in [6.45, 7) is 0. The Hall–Kier alpha value is 0.461. The number of aliphatic carboxylic acids is 2. The summed E-state index contributed by atoms with van der Waals surface area (Å²) in [5.41, 5.74) is 0. The van der Waals surface area contributed by atoms with E-state index in [2.05, 4.69) is 0 Å². The van der Waals surface area contributed by atoms with Gasteiger partial charge in [0.05, 0.1) is 0 Å². The molecule has 0 fully saturated rings. The van der Waals surface area contributed by atoms with E-state index in [1.54, 1.807) is 0 Å². The van der Waals surface area contributed by atoms with Crippen molar-refractivity contribution in [3.05, 3.63) is 0 Å². The van der Waals surface area contributed by atoms with Crippen molar-refractivity contribution in [1.29, 1.82) is 0 Å². The Labute approximate surface area is 109 Å². The average molecular weight is 319 g/mol. The van der Waals surface area contributed by atoms with Gasteiger partial charge in [-0.1, -0.05) is 0 Å². The number of hydrogen-bond acceptors (Lipinski definition) is 4. The first kappa shape index (κ1) is 15.0. The van der Waals surface area contributed by atoms with Gasteiger partial charge in [0.15, 0.2) is 9.84 Å². The van der Waals surface area contributed by atoms with Crippen LogP contribution in [0.15, 0.2) is 0 Å². The molecule has 0 aliphatic carbocycles. The maximum atomic E-state index is 10.5. The van der Waals surface area contributed by atoms with Gasteiger partial charge < -0.3 is 10.2 Å². The van der Waals surface area contributed by atoms with Gasteiger partial charge >= 0.3 is 60.8 Å². The number of carbonyl (C=O) groups is 2. The third-order valence-electron chi connectivity index (χ3n) is 0.687. The molecular formula is C4H6BaO6S+2. The summed E-state index contributed by atoms with van der Waals surface area (Å²) in [5, 5.41) is 16.0. The van der Waals surface area contributed by atoms with Crippen LogP contribution in [0.1, 0.15) is 0 Å². The molecular weight excluding hydrogens is 313 g/mol. The molecule has 2 N–H and O–H groups in total. The van der Waals surface area contributed by atoms with Gasteiger partial charge in [-0.2, -0.15) is 0 Å². The summed E-state index contributed by atoms with van der Waals surface area (Å²) in [4.78, 5) is 19.6. The third-order valence-corrected chi connectivity index (χ3v) is 2.06. The zero-order valence-corrected chi connectivity index (χ0v) is 11.3. The normalized spacial score (nSPS) is 10.0. The minimum atomic E-state index is -3.98. The van der Waals surface area contributed by atoms with Crippen molar-refractivity contribution in [2.24, 2.45) is 0 Å². The second-order valence-corrected chi connectivity index (χ2v) is 3.88. The maximum absolute atomic E-state index is 10.5. The fourth-order valence-electron chi connectivity index (χ4n) is 0.427. The largest absolute Gasteiger partial charge is 2.00 e. The van der Waals surface area contributed by atoms with Crippen LogP contribution < -0.4 is 0 Å². The minimum absolute atomic E-state index is 0. The van der Waals surface area contributed by atoms with Crippen molar-refractivity contribution in [2.75, 3.05) is 11.5 Å². The number of rotatable bonds is 4. The molecule has 0 aromatic rings. The first-order valence-corrected chi connectivity index (χ1v) is 4.29. The van der Waals surface area contributed by atoms with Gasteiger partial charge in [-0.15, -0.1) is 0 Å². The third kappa shape index (κ3) is 8.56. The van der Waals surface area contributed by atoms with E-state index < -0.39 is 33.3 Å². The molecule has 0 aliphatic heterocycles. The fraction of sp³-hybridized carbons (Fsp3) is 0.500. The van der Waals surface area contributed by atoms with E-state index in [0.29, 0.717) is 0 Å². The van der Waals surface area contributed by atoms with Gasteiger partial charge in [-0.05, 0) is 0 Å². The predicted octanol–water partition coefficient (Wildman–Crippen LogP) is -1.81. The molecule has 0 aromatic heterocycles. The van der Waals surface area contributed by atoms with Gasteiger partial charge in [-0.3, -0.25) is 9.59 Å². The van der Waals surface area contributed by atoms with Crippen molar-refractivity contribution < 1.29 is 28.2 Å². The molecule has 0 saturated carbocycles. The van der Waals surface area contributed by atoms with Crippen LogP contribution >= 0.6 is 0 Å². The maximum Gasteiger partial charge on any atom is 2.00 e. The summed E-state index contributed by atoms with van der Waals surface area (Å²) in [6.07, 6.45) is 0. The van der Waals surface area contributed by atoms with Gasteiger partial charge in [0.2, 0.25) is 0 Å². The smallest absolute Gasteiger partial charge is 0.480 e. The molecule has 6 nitrogen and oxygen atoms in total. The van der Waals surface area contributed by atoms with Crippen molar-refractivity contribution in [3.8, 4) is 0 Å². The average Bonchev–Trinajstić information content (AvgIpc) is 1.53. The molecule has 0 heterocycles. The molecule has 0 radical (unpaired) electrons. The molecule has 0 saturated heterocycles. The first-order valence-electron chi connectivity index (χ1n) is 2.47. The molecule has 0 rings (SSSR count). The molecule has 12 heavy (non-hydrogen) atoms. The molecule has 0 amide bonds. The standard InChI is InChI=1S/C4H6O6S.Ba/c5-3(6)1-11(9,10)2-4(7)8;/h1-2H2,(H,5,6)(H,7,8);/q;+2. The molecule has 0 spiro atoms. The summed E-state index contributed by atoms with van der Waals surface area (Å²) in [6, 6.07) is 0. The number of hydrogen-bond donors (Lipinski definition) is 2. The van der Waals surface area contributed by atoms with Crippen LogP contribution in [0.4, 0.5) is 0 Å². The van der Waals surface area contributed by atoms with Crippen LogP contribution in [0.3, 0.4) is 0 Å². The van der Waals surface area contributed by atoms with E-state index in [4.69, 9.17) is 10.2 Å². The van der Waals surface area contributed by atoms with E-state index in [9.17, 15) is 18.0 Å². The van der Waals surface area contributed by atoms with E-state index in [0.717, 1.165) is 0 Å². The van der Waals surface area contributed by atoms with Gasteiger partial charge in [0.25, 0.3) is 0 Å². The molecule has 0 aromatic carbocycles. The summed E-state index contributed by atoms with van der Waals surface area (Å²) in [5.74, 6) is -5.38. The van der Waals surface area contributed by atoms with Crippen LogP contribution in [0, 0.1) is 0 Å². The van der Waals surface area contributed by atoms with Crippen molar-refractivity contribution in [2.45, 2.75) is 0 Å². The minimum Gasteiger partial charge on any atom is -0.480 e. The van der Waals surface area contributed by atoms with E-state index >= 15 is 0 Å². The molecule has 0 unspecified atom stereocenters. The van der Waals surface area contributed by atoms with Crippen LogP contribution in [-0.2, 0) is 19.4 Å². The first-order chi connectivity index (χ1) is 4.83. The summed E-state index contributed by atoms with van der Waals surface area (Å²) >= 11 is 0. The summed E-state index contributed by atoms with van der Waals surface area (Å²) < 4.78 is 21.0. The zero-order chi connectivity index (χ0) is 9.07. The number of sulfone groups is 1. The summed E-state index contributed by atoms with van der Waals surface area (Å²) in [7, 11) is -3.98. The number of carboxylic acid groups (broad SMARTS) is 2. The van der Waals surface area contributed by atoms with Crippen LogP contribution in [-0.4, -0.2) is 91.0 Å². The van der Waals surface area contributed by atoms with Gasteiger partial charge in [-0.25, -0.2) is 8.42 Å². The van der Waals surface area contributed by atoms with E-state index in [-0.39, 0.29) is 48.9 Å². The second-order valence-electron chi connectivity index (χ2n) is 1.82.